The number of hydrogen-bond donors (Lipinski definition) is 1. The Hall–Kier alpha value is -0.410. The Labute approximate surface area is 102 Å². The van der Waals surface area contributed by atoms with Crippen LogP contribution in [0.5, 0.6) is 0 Å². The lowest BCUT2D eigenvalue weighted by Crippen LogP contribution is -2.46. The number of rotatable bonds is 2. The molecule has 1 atom stereocenters. The average molecular weight is 238 g/mol. The van der Waals surface area contributed by atoms with Crippen molar-refractivity contribution < 1.29 is 0 Å². The van der Waals surface area contributed by atoms with E-state index in [1.807, 2.05) is 0 Å². The SMILES string of the molecule is CNC1(c2nc(C)cs2)CCCC(C)(C)C1. The Morgan fingerprint density at radius 3 is 2.62 bits per heavy atom. The Bertz CT molecular complexity index is 370. The molecule has 1 unspecified atom stereocenters. The number of aromatic nitrogens is 1. The summed E-state index contributed by atoms with van der Waals surface area (Å²) in [6, 6.07) is 0. The van der Waals surface area contributed by atoms with Crippen LogP contribution in [-0.4, -0.2) is 12.0 Å². The zero-order valence-electron chi connectivity index (χ0n) is 10.8. The van der Waals surface area contributed by atoms with Crippen LogP contribution in [0.15, 0.2) is 5.38 Å². The van der Waals surface area contributed by atoms with Crippen molar-refractivity contribution in [3.05, 3.63) is 16.1 Å². The molecule has 0 bridgehead atoms. The number of aryl methyl sites for hydroxylation is 1. The fraction of sp³-hybridized carbons (Fsp3) is 0.769. The van der Waals surface area contributed by atoms with Gasteiger partial charge in [-0.15, -0.1) is 11.3 Å². The molecule has 1 aliphatic carbocycles. The molecule has 2 rings (SSSR count). The van der Waals surface area contributed by atoms with Gasteiger partial charge in [0.05, 0.1) is 5.54 Å². The molecule has 16 heavy (non-hydrogen) atoms. The first kappa shape index (κ1) is 12.1. The van der Waals surface area contributed by atoms with Crippen LogP contribution in [0.25, 0.3) is 0 Å². The summed E-state index contributed by atoms with van der Waals surface area (Å²) in [6.07, 6.45) is 5.05. The van der Waals surface area contributed by atoms with Crippen molar-refractivity contribution in [1.29, 1.82) is 0 Å². The van der Waals surface area contributed by atoms with Gasteiger partial charge in [-0.2, -0.15) is 0 Å². The summed E-state index contributed by atoms with van der Waals surface area (Å²) in [6.45, 7) is 6.83. The van der Waals surface area contributed by atoms with Gasteiger partial charge in [0.15, 0.2) is 0 Å². The molecule has 0 amide bonds. The largest absolute Gasteiger partial charge is 0.308 e. The van der Waals surface area contributed by atoms with Crippen LogP contribution in [0.4, 0.5) is 0 Å². The third kappa shape index (κ3) is 2.16. The van der Waals surface area contributed by atoms with Gasteiger partial charge >= 0.3 is 0 Å². The molecule has 0 spiro atoms. The molecular weight excluding hydrogens is 216 g/mol. The first-order valence-electron chi connectivity index (χ1n) is 6.09. The minimum absolute atomic E-state index is 0.126. The van der Waals surface area contributed by atoms with E-state index < -0.39 is 0 Å². The van der Waals surface area contributed by atoms with Gasteiger partial charge in [-0.05, 0) is 38.6 Å². The van der Waals surface area contributed by atoms with E-state index in [-0.39, 0.29) is 5.54 Å². The second-order valence-corrected chi connectivity index (χ2v) is 6.68. The standard InChI is InChI=1S/C13H22N2S/c1-10-8-16-11(15-10)13(14-4)7-5-6-12(2,3)9-13/h8,14H,5-7,9H2,1-4H3. The summed E-state index contributed by atoms with van der Waals surface area (Å²) in [4.78, 5) is 4.70. The quantitative estimate of drug-likeness (QED) is 0.853. The summed E-state index contributed by atoms with van der Waals surface area (Å²) in [5.41, 5.74) is 1.71. The molecule has 1 heterocycles. The van der Waals surface area contributed by atoms with Gasteiger partial charge in [0.1, 0.15) is 5.01 Å². The van der Waals surface area contributed by atoms with E-state index in [9.17, 15) is 0 Å². The molecule has 0 aliphatic heterocycles. The lowest BCUT2D eigenvalue weighted by Gasteiger charge is -2.43. The van der Waals surface area contributed by atoms with Gasteiger partial charge < -0.3 is 5.32 Å². The number of hydrogen-bond acceptors (Lipinski definition) is 3. The third-order valence-electron chi connectivity index (χ3n) is 3.74. The maximum Gasteiger partial charge on any atom is 0.113 e. The van der Waals surface area contributed by atoms with Crippen LogP contribution in [0.2, 0.25) is 0 Å². The molecule has 90 valence electrons. The van der Waals surface area contributed by atoms with Gasteiger partial charge in [-0.3, -0.25) is 0 Å². The van der Waals surface area contributed by atoms with Crippen molar-refractivity contribution in [3.63, 3.8) is 0 Å². The Balaban J connectivity index is 2.32. The molecule has 1 aliphatic rings. The predicted octanol–water partition coefficient (Wildman–Crippen LogP) is 3.47. The van der Waals surface area contributed by atoms with Crippen molar-refractivity contribution in [2.24, 2.45) is 5.41 Å². The van der Waals surface area contributed by atoms with E-state index in [2.05, 4.69) is 38.5 Å². The first-order chi connectivity index (χ1) is 7.47. The first-order valence-corrected chi connectivity index (χ1v) is 6.97. The maximum atomic E-state index is 4.70. The Morgan fingerprint density at radius 2 is 2.12 bits per heavy atom. The second-order valence-electron chi connectivity index (χ2n) is 5.82. The van der Waals surface area contributed by atoms with Crippen LogP contribution in [0, 0.1) is 12.3 Å². The molecule has 3 heteroatoms. The summed E-state index contributed by atoms with van der Waals surface area (Å²) < 4.78 is 0. The fourth-order valence-corrected chi connectivity index (χ4v) is 3.97. The van der Waals surface area contributed by atoms with Crippen molar-refractivity contribution >= 4 is 11.3 Å². The number of thiazole rings is 1. The number of nitrogens with zero attached hydrogens (tertiary/aromatic N) is 1. The van der Waals surface area contributed by atoms with E-state index in [1.54, 1.807) is 11.3 Å². The summed E-state index contributed by atoms with van der Waals surface area (Å²) >= 11 is 1.81. The van der Waals surface area contributed by atoms with Crippen LogP contribution >= 0.6 is 11.3 Å². The van der Waals surface area contributed by atoms with E-state index in [4.69, 9.17) is 4.98 Å². The molecule has 1 aromatic heterocycles. The van der Waals surface area contributed by atoms with Crippen LogP contribution < -0.4 is 5.32 Å². The second kappa shape index (κ2) is 4.11. The average Bonchev–Trinajstić information content (AvgIpc) is 2.63. The summed E-state index contributed by atoms with van der Waals surface area (Å²) in [5.74, 6) is 0. The minimum Gasteiger partial charge on any atom is -0.308 e. The lowest BCUT2D eigenvalue weighted by atomic mass is 9.68. The molecule has 2 nitrogen and oxygen atoms in total. The highest BCUT2D eigenvalue weighted by Gasteiger charge is 2.41. The molecule has 1 N–H and O–H groups in total. The van der Waals surface area contributed by atoms with E-state index in [0.717, 1.165) is 5.69 Å². The van der Waals surface area contributed by atoms with Crippen LogP contribution in [-0.2, 0) is 5.54 Å². The zero-order chi connectivity index (χ0) is 11.8. The number of nitrogens with one attached hydrogen (secondary N) is 1. The van der Waals surface area contributed by atoms with Crippen molar-refractivity contribution in [3.8, 4) is 0 Å². The van der Waals surface area contributed by atoms with Gasteiger partial charge in [0.25, 0.3) is 0 Å². The van der Waals surface area contributed by atoms with E-state index in [1.165, 1.54) is 30.7 Å². The van der Waals surface area contributed by atoms with Gasteiger partial charge in [0.2, 0.25) is 0 Å². The molecule has 0 radical (unpaired) electrons. The van der Waals surface area contributed by atoms with Crippen LogP contribution in [0.1, 0.15) is 50.2 Å². The molecule has 0 aromatic carbocycles. The molecule has 0 saturated heterocycles. The van der Waals surface area contributed by atoms with Crippen molar-refractivity contribution in [2.75, 3.05) is 7.05 Å². The van der Waals surface area contributed by atoms with Gasteiger partial charge in [0, 0.05) is 11.1 Å². The predicted molar refractivity (Wildman–Crippen MR) is 69.8 cm³/mol. The van der Waals surface area contributed by atoms with E-state index in [0.29, 0.717) is 5.41 Å². The fourth-order valence-electron chi connectivity index (χ4n) is 2.94. The van der Waals surface area contributed by atoms with E-state index >= 15 is 0 Å². The third-order valence-corrected chi connectivity index (χ3v) is 4.91. The van der Waals surface area contributed by atoms with Gasteiger partial charge in [-0.25, -0.2) is 4.98 Å². The molecule has 1 aromatic rings. The minimum atomic E-state index is 0.126. The highest BCUT2D eigenvalue weighted by Crippen LogP contribution is 2.46. The lowest BCUT2D eigenvalue weighted by molar-refractivity contribution is 0.125. The van der Waals surface area contributed by atoms with Crippen molar-refractivity contribution in [1.82, 2.24) is 10.3 Å². The normalized spacial score (nSPS) is 29.2. The summed E-state index contributed by atoms with van der Waals surface area (Å²) in [5, 5.41) is 6.99. The molecular formula is C13H22N2S. The Morgan fingerprint density at radius 1 is 1.38 bits per heavy atom. The summed E-state index contributed by atoms with van der Waals surface area (Å²) in [7, 11) is 2.08. The zero-order valence-corrected chi connectivity index (χ0v) is 11.6. The Kier molecular flexibility index (Phi) is 3.10. The smallest absolute Gasteiger partial charge is 0.113 e. The van der Waals surface area contributed by atoms with Crippen molar-refractivity contribution in [2.45, 2.75) is 52.0 Å². The highest BCUT2D eigenvalue weighted by atomic mass is 32.1. The van der Waals surface area contributed by atoms with Gasteiger partial charge in [-0.1, -0.05) is 20.3 Å². The topological polar surface area (TPSA) is 24.9 Å². The maximum absolute atomic E-state index is 4.70. The molecule has 1 saturated carbocycles. The molecule has 1 fully saturated rings. The monoisotopic (exact) mass is 238 g/mol. The highest BCUT2D eigenvalue weighted by molar-refractivity contribution is 7.09. The van der Waals surface area contributed by atoms with Crippen LogP contribution in [0.3, 0.4) is 0 Å².